The van der Waals surface area contributed by atoms with Crippen molar-refractivity contribution in [2.45, 2.75) is 26.2 Å². The molecule has 0 spiro atoms. The number of phenols is 1. The molecule has 1 amide bonds. The number of ether oxygens (including phenoxy) is 2. The Balaban J connectivity index is 1.58. The van der Waals surface area contributed by atoms with E-state index >= 15 is 0 Å². The molecule has 6 nitrogen and oxygen atoms in total. The number of hydrogen-bond donors (Lipinski definition) is 2. The highest BCUT2D eigenvalue weighted by Crippen LogP contribution is 2.45. The van der Waals surface area contributed by atoms with E-state index in [1.54, 1.807) is 32.3 Å². The van der Waals surface area contributed by atoms with Crippen LogP contribution in [-0.4, -0.2) is 56.3 Å². The number of benzene rings is 3. The number of carbonyl (C=O) groups excluding carboxylic acids is 1. The van der Waals surface area contributed by atoms with Gasteiger partial charge in [-0.3, -0.25) is 4.79 Å². The lowest BCUT2D eigenvalue weighted by molar-refractivity contribution is -0.123. The van der Waals surface area contributed by atoms with Crippen LogP contribution < -0.4 is 14.8 Å². The molecule has 1 aliphatic carbocycles. The lowest BCUT2D eigenvalue weighted by Gasteiger charge is -2.19. The summed E-state index contributed by atoms with van der Waals surface area (Å²) in [5, 5.41) is 14.3. The van der Waals surface area contributed by atoms with Gasteiger partial charge in [0.15, 0.2) is 0 Å². The molecule has 4 rings (SSSR count). The average molecular weight is 596 g/mol. The van der Waals surface area contributed by atoms with E-state index in [0.29, 0.717) is 42.1 Å². The van der Waals surface area contributed by atoms with Crippen molar-refractivity contribution in [3.05, 3.63) is 99.0 Å². The third kappa shape index (κ3) is 7.64. The second kappa shape index (κ2) is 14.4. The van der Waals surface area contributed by atoms with E-state index in [1.807, 2.05) is 43.3 Å². The van der Waals surface area contributed by atoms with Crippen molar-refractivity contribution in [2.24, 2.45) is 0 Å². The van der Waals surface area contributed by atoms with Crippen LogP contribution in [0.3, 0.4) is 0 Å². The first-order valence-electron chi connectivity index (χ1n) is 13.8. The smallest absolute Gasteiger partial charge is 0.245 e. The number of phenolic OH excluding ortho intramolecular Hbond substituents is 1. The Kier molecular flexibility index (Phi) is 10.7. The molecule has 3 aromatic rings. The predicted molar refractivity (Wildman–Crippen MR) is 167 cm³/mol. The zero-order valence-corrected chi connectivity index (χ0v) is 25.2. The normalized spacial score (nSPS) is 13.2. The van der Waals surface area contributed by atoms with Crippen LogP contribution in [0.5, 0.6) is 17.2 Å². The Morgan fingerprint density at radius 3 is 2.49 bits per heavy atom. The van der Waals surface area contributed by atoms with Gasteiger partial charge in [0.1, 0.15) is 28.9 Å². The number of amides is 1. The molecular formula is C33H36Cl2N2O4. The van der Waals surface area contributed by atoms with Crippen molar-refractivity contribution in [3.8, 4) is 17.2 Å². The average Bonchev–Trinajstić information content (AvgIpc) is 3.14. The van der Waals surface area contributed by atoms with Crippen LogP contribution in [-0.2, 0) is 11.2 Å². The minimum Gasteiger partial charge on any atom is -0.508 e. The monoisotopic (exact) mass is 594 g/mol. The molecule has 41 heavy (non-hydrogen) atoms. The van der Waals surface area contributed by atoms with Crippen molar-refractivity contribution in [1.29, 1.82) is 0 Å². The van der Waals surface area contributed by atoms with Gasteiger partial charge in [0, 0.05) is 33.3 Å². The maximum Gasteiger partial charge on any atom is 0.245 e. The van der Waals surface area contributed by atoms with Gasteiger partial charge in [0.25, 0.3) is 0 Å². The van der Waals surface area contributed by atoms with Crippen molar-refractivity contribution in [1.82, 2.24) is 10.2 Å². The standard InChI is InChI=1S/C33H36Cl2N2O4/c1-4-40-29-17-16-28(32(34)33(29)35)27-8-5-7-23-21-24(38)12-15-26(23)31(27)22-10-13-25(14-11-22)41-20-19-36-18-6-9-30(39)37(2)3/h6,9-17,21,36,38H,4-5,7-8,18-20H2,1-3H3/b9-6+. The third-order valence-corrected chi connectivity index (χ3v) is 7.72. The molecule has 3 aromatic carbocycles. The topological polar surface area (TPSA) is 71.0 Å². The highest BCUT2D eigenvalue weighted by atomic mass is 35.5. The Hall–Kier alpha value is -3.45. The van der Waals surface area contributed by atoms with Gasteiger partial charge in [-0.25, -0.2) is 0 Å². The van der Waals surface area contributed by atoms with Crippen LogP contribution in [0.1, 0.15) is 42.0 Å². The van der Waals surface area contributed by atoms with Crippen molar-refractivity contribution in [3.63, 3.8) is 0 Å². The number of fused-ring (bicyclic) bond motifs is 1. The van der Waals surface area contributed by atoms with Gasteiger partial charge in [-0.05, 0) is 96.0 Å². The summed E-state index contributed by atoms with van der Waals surface area (Å²) in [5.74, 6) is 1.55. The first kappa shape index (κ1) is 30.5. The maximum atomic E-state index is 11.6. The minimum atomic E-state index is -0.0394. The van der Waals surface area contributed by atoms with E-state index in [4.69, 9.17) is 32.7 Å². The van der Waals surface area contributed by atoms with Crippen LogP contribution in [0.2, 0.25) is 10.0 Å². The summed E-state index contributed by atoms with van der Waals surface area (Å²) in [6.45, 7) is 4.14. The number of carbonyl (C=O) groups is 1. The summed E-state index contributed by atoms with van der Waals surface area (Å²) in [7, 11) is 3.45. The Bertz CT molecular complexity index is 1430. The number of allylic oxidation sites excluding steroid dienone is 1. The second-order valence-electron chi connectivity index (χ2n) is 9.93. The van der Waals surface area contributed by atoms with Crippen LogP contribution >= 0.6 is 23.2 Å². The Morgan fingerprint density at radius 1 is 1.00 bits per heavy atom. The van der Waals surface area contributed by atoms with E-state index in [9.17, 15) is 9.90 Å². The lowest BCUT2D eigenvalue weighted by atomic mass is 9.87. The summed E-state index contributed by atoms with van der Waals surface area (Å²) in [6, 6.07) is 17.5. The minimum absolute atomic E-state index is 0.0394. The van der Waals surface area contributed by atoms with Crippen LogP contribution in [0.15, 0.2) is 66.7 Å². The second-order valence-corrected chi connectivity index (χ2v) is 10.7. The fourth-order valence-electron chi connectivity index (χ4n) is 4.86. The summed E-state index contributed by atoms with van der Waals surface area (Å²) >= 11 is 13.5. The van der Waals surface area contributed by atoms with Crippen molar-refractivity contribution < 1.29 is 19.4 Å². The van der Waals surface area contributed by atoms with Crippen LogP contribution in [0, 0.1) is 0 Å². The van der Waals surface area contributed by atoms with Crippen molar-refractivity contribution in [2.75, 3.05) is 40.4 Å². The van der Waals surface area contributed by atoms with E-state index in [1.165, 1.54) is 4.90 Å². The molecule has 0 saturated carbocycles. The number of rotatable bonds is 11. The number of aryl methyl sites for hydroxylation is 1. The van der Waals surface area contributed by atoms with Crippen molar-refractivity contribution >= 4 is 40.3 Å². The summed E-state index contributed by atoms with van der Waals surface area (Å²) < 4.78 is 11.6. The van der Waals surface area contributed by atoms with Gasteiger partial charge in [0.05, 0.1) is 11.6 Å². The van der Waals surface area contributed by atoms with E-state index in [0.717, 1.165) is 58.4 Å². The zero-order valence-electron chi connectivity index (χ0n) is 23.7. The van der Waals surface area contributed by atoms with Gasteiger partial charge >= 0.3 is 0 Å². The highest BCUT2D eigenvalue weighted by molar-refractivity contribution is 6.44. The molecule has 0 heterocycles. The zero-order chi connectivity index (χ0) is 29.4. The van der Waals surface area contributed by atoms with Crippen LogP contribution in [0.4, 0.5) is 0 Å². The maximum absolute atomic E-state index is 11.6. The number of aromatic hydroxyl groups is 1. The SMILES string of the molecule is CCOc1ccc(C2=C(c3ccc(OCCNC/C=C/C(=O)N(C)C)cc3)c3ccc(O)cc3CCC2)c(Cl)c1Cl. The summed E-state index contributed by atoms with van der Waals surface area (Å²) in [5.41, 5.74) is 6.22. The van der Waals surface area contributed by atoms with Gasteiger partial charge < -0.3 is 24.8 Å². The molecule has 1 aliphatic rings. The lowest BCUT2D eigenvalue weighted by Crippen LogP contribution is -2.22. The van der Waals surface area contributed by atoms with Gasteiger partial charge in [0.2, 0.25) is 5.91 Å². The van der Waals surface area contributed by atoms with E-state index in [2.05, 4.69) is 17.4 Å². The molecule has 0 fully saturated rings. The first-order valence-corrected chi connectivity index (χ1v) is 14.5. The fraction of sp³-hybridized carbons (Fsp3) is 0.303. The van der Waals surface area contributed by atoms with Crippen LogP contribution in [0.25, 0.3) is 11.1 Å². The van der Waals surface area contributed by atoms with E-state index in [-0.39, 0.29) is 11.7 Å². The molecule has 0 bridgehead atoms. The molecule has 0 saturated heterocycles. The number of nitrogens with zero attached hydrogens (tertiary/aromatic N) is 1. The molecule has 0 unspecified atom stereocenters. The molecule has 0 aliphatic heterocycles. The fourth-order valence-corrected chi connectivity index (χ4v) is 5.35. The first-order chi connectivity index (χ1) is 19.8. The van der Waals surface area contributed by atoms with Gasteiger partial charge in [-0.15, -0.1) is 0 Å². The van der Waals surface area contributed by atoms with Gasteiger partial charge in [-0.1, -0.05) is 47.5 Å². The summed E-state index contributed by atoms with van der Waals surface area (Å²) in [4.78, 5) is 13.1. The molecule has 216 valence electrons. The Labute approximate surface area is 252 Å². The molecule has 8 heteroatoms. The quantitative estimate of drug-likeness (QED) is 0.185. The number of halogens is 2. The molecular weight excluding hydrogens is 559 g/mol. The molecule has 2 N–H and O–H groups in total. The van der Waals surface area contributed by atoms with E-state index < -0.39 is 0 Å². The molecule has 0 atom stereocenters. The number of nitrogens with one attached hydrogen (secondary N) is 1. The largest absolute Gasteiger partial charge is 0.508 e. The molecule has 0 aromatic heterocycles. The number of likely N-dealkylation sites (N-methyl/N-ethyl adjacent to an activating group) is 1. The summed E-state index contributed by atoms with van der Waals surface area (Å²) in [6.07, 6.45) is 5.90. The third-order valence-electron chi connectivity index (χ3n) is 6.86. The number of hydrogen-bond acceptors (Lipinski definition) is 5. The Morgan fingerprint density at radius 2 is 1.76 bits per heavy atom. The predicted octanol–water partition coefficient (Wildman–Crippen LogP) is 7.01. The van der Waals surface area contributed by atoms with Gasteiger partial charge in [-0.2, -0.15) is 0 Å². The molecule has 0 radical (unpaired) electrons. The highest BCUT2D eigenvalue weighted by Gasteiger charge is 2.23.